The topological polar surface area (TPSA) is 66.6 Å². The molecule has 0 bridgehead atoms. The molecule has 17 heavy (non-hydrogen) atoms. The Kier molecular flexibility index (Phi) is 4.20. The third-order valence-corrected chi connectivity index (χ3v) is 4.26. The number of rotatable bonds is 4. The quantitative estimate of drug-likeness (QED) is 0.772. The van der Waals surface area contributed by atoms with Gasteiger partial charge in [-0.05, 0) is 46.5 Å². The van der Waals surface area contributed by atoms with Crippen LogP contribution in [0.2, 0.25) is 0 Å². The smallest absolute Gasteiger partial charge is 0.230 e. The van der Waals surface area contributed by atoms with Crippen molar-refractivity contribution >= 4 is 5.91 Å². The molecule has 1 amide bonds. The summed E-state index contributed by atoms with van der Waals surface area (Å²) in [7, 11) is 0. The summed E-state index contributed by atoms with van der Waals surface area (Å²) < 4.78 is 0. The molecule has 3 N–H and O–H groups in total. The first kappa shape index (κ1) is 14.5. The molecule has 1 rings (SSSR count). The van der Waals surface area contributed by atoms with Crippen LogP contribution in [0.1, 0.15) is 40.5 Å². The summed E-state index contributed by atoms with van der Waals surface area (Å²) in [5.41, 5.74) is 5.00. The van der Waals surface area contributed by atoms with E-state index >= 15 is 0 Å². The molecule has 1 heterocycles. The first-order chi connectivity index (χ1) is 7.70. The second-order valence-corrected chi connectivity index (χ2v) is 6.26. The number of hydrogen-bond acceptors (Lipinski definition) is 3. The molecule has 4 nitrogen and oxygen atoms in total. The van der Waals surface area contributed by atoms with Crippen molar-refractivity contribution < 1.29 is 9.90 Å². The fourth-order valence-corrected chi connectivity index (χ4v) is 2.11. The van der Waals surface area contributed by atoms with Crippen molar-refractivity contribution in [3.8, 4) is 0 Å². The molecular weight excluding hydrogens is 216 g/mol. The first-order valence-corrected chi connectivity index (χ1v) is 6.39. The van der Waals surface area contributed by atoms with Gasteiger partial charge in [0.05, 0.1) is 5.41 Å². The van der Waals surface area contributed by atoms with Gasteiger partial charge in [-0.1, -0.05) is 0 Å². The molecule has 1 saturated heterocycles. The normalized spacial score (nSPS) is 22.0. The van der Waals surface area contributed by atoms with Gasteiger partial charge in [-0.2, -0.15) is 0 Å². The van der Waals surface area contributed by atoms with Crippen LogP contribution in [0.4, 0.5) is 0 Å². The Balaban J connectivity index is 2.67. The van der Waals surface area contributed by atoms with E-state index in [-0.39, 0.29) is 12.5 Å². The fourth-order valence-electron chi connectivity index (χ4n) is 2.11. The van der Waals surface area contributed by atoms with Crippen LogP contribution >= 0.6 is 0 Å². The van der Waals surface area contributed by atoms with E-state index in [1.165, 1.54) is 0 Å². The molecule has 0 aromatic heterocycles. The maximum absolute atomic E-state index is 12.4. The van der Waals surface area contributed by atoms with Crippen molar-refractivity contribution in [3.63, 3.8) is 0 Å². The lowest BCUT2D eigenvalue weighted by Gasteiger charge is -2.39. The molecule has 0 saturated carbocycles. The molecule has 0 spiro atoms. The van der Waals surface area contributed by atoms with Gasteiger partial charge in [0.2, 0.25) is 5.91 Å². The van der Waals surface area contributed by atoms with Crippen LogP contribution in [0, 0.1) is 11.3 Å². The molecule has 0 aromatic carbocycles. The van der Waals surface area contributed by atoms with Gasteiger partial charge in [-0.3, -0.25) is 4.79 Å². The minimum absolute atomic E-state index is 0.130. The highest BCUT2D eigenvalue weighted by molar-refractivity contribution is 5.83. The number of aliphatic hydroxyl groups is 1. The zero-order chi connectivity index (χ0) is 13.3. The van der Waals surface area contributed by atoms with E-state index in [2.05, 4.69) is 0 Å². The molecule has 4 heteroatoms. The second-order valence-electron chi connectivity index (χ2n) is 6.26. The first-order valence-electron chi connectivity index (χ1n) is 6.39. The summed E-state index contributed by atoms with van der Waals surface area (Å²) in [6, 6.07) is 0. The Bertz CT molecular complexity index is 282. The zero-order valence-electron chi connectivity index (χ0n) is 11.5. The molecule has 1 aliphatic rings. The lowest BCUT2D eigenvalue weighted by atomic mass is 9.74. The summed E-state index contributed by atoms with van der Waals surface area (Å²) >= 11 is 0. The molecule has 100 valence electrons. The summed E-state index contributed by atoms with van der Waals surface area (Å²) in [5, 5.41) is 8.92. The van der Waals surface area contributed by atoms with Gasteiger partial charge < -0.3 is 15.7 Å². The van der Waals surface area contributed by atoms with Crippen molar-refractivity contribution in [1.29, 1.82) is 0 Å². The highest BCUT2D eigenvalue weighted by Crippen LogP contribution is 2.33. The van der Waals surface area contributed by atoms with Gasteiger partial charge in [-0.25, -0.2) is 0 Å². The zero-order valence-corrected chi connectivity index (χ0v) is 11.5. The fraction of sp³-hybridized carbons (Fsp3) is 0.923. The Morgan fingerprint density at radius 2 is 2.00 bits per heavy atom. The van der Waals surface area contributed by atoms with E-state index in [4.69, 9.17) is 10.8 Å². The summed E-state index contributed by atoms with van der Waals surface area (Å²) in [6.45, 7) is 9.38. The Labute approximate surface area is 104 Å². The number of amides is 1. The van der Waals surface area contributed by atoms with Gasteiger partial charge >= 0.3 is 0 Å². The Hall–Kier alpha value is -0.610. The van der Waals surface area contributed by atoms with Crippen LogP contribution in [0.25, 0.3) is 0 Å². The van der Waals surface area contributed by atoms with Crippen LogP contribution in [-0.2, 0) is 4.79 Å². The van der Waals surface area contributed by atoms with E-state index in [0.717, 1.165) is 25.9 Å². The Morgan fingerprint density at radius 1 is 1.41 bits per heavy atom. The highest BCUT2D eigenvalue weighted by Gasteiger charge is 2.44. The second kappa shape index (κ2) is 4.94. The number of likely N-dealkylation sites (tertiary alicyclic amines) is 1. The molecule has 0 aromatic rings. The van der Waals surface area contributed by atoms with E-state index in [9.17, 15) is 4.79 Å². The summed E-state index contributed by atoms with van der Waals surface area (Å²) in [5.74, 6) is 0.575. The molecule has 1 fully saturated rings. The number of hydrogen-bond donors (Lipinski definition) is 2. The lowest BCUT2D eigenvalue weighted by Crippen LogP contribution is -2.56. The Morgan fingerprint density at radius 3 is 2.47 bits per heavy atom. The van der Waals surface area contributed by atoms with Gasteiger partial charge in [0, 0.05) is 25.2 Å². The van der Waals surface area contributed by atoms with Gasteiger partial charge in [0.1, 0.15) is 0 Å². The van der Waals surface area contributed by atoms with E-state index in [1.54, 1.807) is 0 Å². The number of carbonyl (C=O) groups is 1. The van der Waals surface area contributed by atoms with Gasteiger partial charge in [0.25, 0.3) is 0 Å². The maximum Gasteiger partial charge on any atom is 0.230 e. The lowest BCUT2D eigenvalue weighted by molar-refractivity contribution is -0.142. The van der Waals surface area contributed by atoms with Crippen molar-refractivity contribution in [2.75, 3.05) is 19.7 Å². The van der Waals surface area contributed by atoms with Gasteiger partial charge in [0.15, 0.2) is 0 Å². The van der Waals surface area contributed by atoms with Crippen LogP contribution < -0.4 is 5.73 Å². The van der Waals surface area contributed by atoms with Crippen molar-refractivity contribution in [3.05, 3.63) is 0 Å². The number of nitrogens with zero attached hydrogens (tertiary/aromatic N) is 1. The van der Waals surface area contributed by atoms with E-state index < -0.39 is 11.0 Å². The standard InChI is InChI=1S/C13H26N2O2/c1-12(2,13(3,4)14)11(17)15-7-5-10(9-15)6-8-16/h10,16H,5-9,14H2,1-4H3. The van der Waals surface area contributed by atoms with Gasteiger partial charge in [-0.15, -0.1) is 0 Å². The van der Waals surface area contributed by atoms with Crippen molar-refractivity contribution in [2.24, 2.45) is 17.1 Å². The summed E-state index contributed by atoms with van der Waals surface area (Å²) in [6.07, 6.45) is 1.78. The average Bonchev–Trinajstić information content (AvgIpc) is 2.64. The van der Waals surface area contributed by atoms with Crippen LogP contribution in [0.15, 0.2) is 0 Å². The molecule has 1 unspecified atom stereocenters. The minimum Gasteiger partial charge on any atom is -0.396 e. The average molecular weight is 242 g/mol. The number of aliphatic hydroxyl groups excluding tert-OH is 1. The van der Waals surface area contributed by atoms with Crippen LogP contribution in [0.3, 0.4) is 0 Å². The molecule has 1 atom stereocenters. The van der Waals surface area contributed by atoms with E-state index in [1.807, 2.05) is 32.6 Å². The largest absolute Gasteiger partial charge is 0.396 e. The van der Waals surface area contributed by atoms with Crippen LogP contribution in [-0.4, -0.2) is 41.1 Å². The minimum atomic E-state index is -0.554. The molecule has 1 aliphatic heterocycles. The third kappa shape index (κ3) is 2.99. The maximum atomic E-state index is 12.4. The molecular formula is C13H26N2O2. The number of carbonyl (C=O) groups excluding carboxylic acids is 1. The monoisotopic (exact) mass is 242 g/mol. The van der Waals surface area contributed by atoms with Crippen molar-refractivity contribution in [2.45, 2.75) is 46.1 Å². The van der Waals surface area contributed by atoms with Crippen molar-refractivity contribution in [1.82, 2.24) is 4.90 Å². The number of nitrogens with two attached hydrogens (primary N) is 1. The molecule has 0 aliphatic carbocycles. The molecule has 0 radical (unpaired) electrons. The predicted molar refractivity (Wildman–Crippen MR) is 68.4 cm³/mol. The third-order valence-electron chi connectivity index (χ3n) is 4.26. The van der Waals surface area contributed by atoms with Crippen LogP contribution in [0.5, 0.6) is 0 Å². The van der Waals surface area contributed by atoms with E-state index in [0.29, 0.717) is 5.92 Å². The predicted octanol–water partition coefficient (Wildman–Crippen LogP) is 0.981. The SMILES string of the molecule is CC(C)(N)C(C)(C)C(=O)N1CCC(CCO)C1. The highest BCUT2D eigenvalue weighted by atomic mass is 16.3. The summed E-state index contributed by atoms with van der Waals surface area (Å²) in [4.78, 5) is 14.3.